The first-order valence-electron chi connectivity index (χ1n) is 5.87. The number of para-hydroxylation sites is 1. The second kappa shape index (κ2) is 5.12. The zero-order chi connectivity index (χ0) is 11.4. The molecular weight excluding hydrogens is 200 g/mol. The third-order valence-corrected chi connectivity index (χ3v) is 2.97. The summed E-state index contributed by atoms with van der Waals surface area (Å²) in [5.74, 6) is 0.0813. The summed E-state index contributed by atoms with van der Waals surface area (Å²) in [5, 5.41) is 6.26. The van der Waals surface area contributed by atoms with Crippen molar-refractivity contribution in [1.29, 1.82) is 0 Å². The second-order valence-electron chi connectivity index (χ2n) is 4.41. The Balaban J connectivity index is 1.93. The fourth-order valence-electron chi connectivity index (χ4n) is 2.10. The van der Waals surface area contributed by atoms with E-state index in [1.54, 1.807) is 0 Å². The van der Waals surface area contributed by atoms with Crippen molar-refractivity contribution in [2.75, 3.05) is 5.32 Å². The lowest BCUT2D eigenvalue weighted by atomic mass is 9.99. The molecule has 3 nitrogen and oxygen atoms in total. The van der Waals surface area contributed by atoms with Crippen LogP contribution in [0.25, 0.3) is 0 Å². The smallest absolute Gasteiger partial charge is 0.241 e. The highest BCUT2D eigenvalue weighted by molar-refractivity contribution is 5.94. The van der Waals surface area contributed by atoms with Gasteiger partial charge in [-0.1, -0.05) is 18.2 Å². The number of carbonyl (C=O) groups excluding carboxylic acids is 1. The summed E-state index contributed by atoms with van der Waals surface area (Å²) >= 11 is 0. The van der Waals surface area contributed by atoms with Crippen LogP contribution >= 0.6 is 0 Å². The summed E-state index contributed by atoms with van der Waals surface area (Å²) in [6.45, 7) is 2.13. The number of amides is 1. The van der Waals surface area contributed by atoms with Crippen molar-refractivity contribution < 1.29 is 4.79 Å². The lowest BCUT2D eigenvalue weighted by Crippen LogP contribution is -2.47. The highest BCUT2D eigenvalue weighted by Gasteiger charge is 2.23. The van der Waals surface area contributed by atoms with Crippen LogP contribution in [0.2, 0.25) is 0 Å². The van der Waals surface area contributed by atoms with E-state index in [0.29, 0.717) is 6.04 Å². The van der Waals surface area contributed by atoms with E-state index >= 15 is 0 Å². The van der Waals surface area contributed by atoms with Crippen molar-refractivity contribution >= 4 is 11.6 Å². The number of nitrogens with one attached hydrogen (secondary N) is 2. The van der Waals surface area contributed by atoms with E-state index in [1.165, 1.54) is 0 Å². The first-order valence-corrected chi connectivity index (χ1v) is 5.87. The Morgan fingerprint density at radius 1 is 1.31 bits per heavy atom. The molecule has 2 atom stereocenters. The van der Waals surface area contributed by atoms with Crippen LogP contribution in [0, 0.1) is 0 Å². The van der Waals surface area contributed by atoms with Gasteiger partial charge in [0.15, 0.2) is 0 Å². The number of hydrogen-bond donors (Lipinski definition) is 2. The van der Waals surface area contributed by atoms with Crippen molar-refractivity contribution in [3.63, 3.8) is 0 Å². The number of piperidine rings is 1. The van der Waals surface area contributed by atoms with Crippen molar-refractivity contribution in [1.82, 2.24) is 5.32 Å². The summed E-state index contributed by atoms with van der Waals surface area (Å²) in [6, 6.07) is 10.0. The average molecular weight is 218 g/mol. The first kappa shape index (κ1) is 11.1. The van der Waals surface area contributed by atoms with E-state index < -0.39 is 0 Å². The molecule has 0 radical (unpaired) electrons. The minimum atomic E-state index is -0.0380. The minimum Gasteiger partial charge on any atom is -0.325 e. The zero-order valence-electron chi connectivity index (χ0n) is 9.57. The molecule has 0 saturated carbocycles. The van der Waals surface area contributed by atoms with Crippen molar-refractivity contribution in [2.24, 2.45) is 0 Å². The number of anilines is 1. The van der Waals surface area contributed by atoms with Crippen LogP contribution in [0.3, 0.4) is 0 Å². The molecule has 1 aliphatic rings. The molecule has 1 amide bonds. The summed E-state index contributed by atoms with van der Waals surface area (Å²) in [5.41, 5.74) is 0.868. The minimum absolute atomic E-state index is 0.0380. The van der Waals surface area contributed by atoms with Gasteiger partial charge in [0.1, 0.15) is 0 Å². The van der Waals surface area contributed by atoms with Gasteiger partial charge in [-0.05, 0) is 38.3 Å². The van der Waals surface area contributed by atoms with E-state index in [-0.39, 0.29) is 11.9 Å². The van der Waals surface area contributed by atoms with Gasteiger partial charge < -0.3 is 10.6 Å². The molecule has 0 aromatic heterocycles. The maximum Gasteiger partial charge on any atom is 0.241 e. The van der Waals surface area contributed by atoms with Gasteiger partial charge in [0.2, 0.25) is 5.91 Å². The molecule has 86 valence electrons. The molecule has 1 heterocycles. The lowest BCUT2D eigenvalue weighted by Gasteiger charge is -2.27. The average Bonchev–Trinajstić information content (AvgIpc) is 2.30. The van der Waals surface area contributed by atoms with E-state index in [4.69, 9.17) is 0 Å². The maximum atomic E-state index is 11.9. The molecule has 0 aliphatic carbocycles. The van der Waals surface area contributed by atoms with Gasteiger partial charge in [0.05, 0.1) is 6.04 Å². The first-order chi connectivity index (χ1) is 7.75. The topological polar surface area (TPSA) is 41.1 Å². The molecule has 1 saturated heterocycles. The Morgan fingerprint density at radius 2 is 2.06 bits per heavy atom. The van der Waals surface area contributed by atoms with E-state index in [9.17, 15) is 4.79 Å². The molecule has 1 aromatic carbocycles. The van der Waals surface area contributed by atoms with E-state index in [2.05, 4.69) is 17.6 Å². The highest BCUT2D eigenvalue weighted by atomic mass is 16.2. The van der Waals surface area contributed by atoms with Crippen LogP contribution < -0.4 is 10.6 Å². The van der Waals surface area contributed by atoms with Gasteiger partial charge in [0, 0.05) is 11.7 Å². The standard InChI is InChI=1S/C13H18N2O/c1-10-6-5-9-12(14-10)13(16)15-11-7-3-2-4-8-11/h2-4,7-8,10,12,14H,5-6,9H2,1H3,(H,15,16). The predicted molar refractivity (Wildman–Crippen MR) is 65.3 cm³/mol. The van der Waals surface area contributed by atoms with Crippen molar-refractivity contribution in [3.05, 3.63) is 30.3 Å². The van der Waals surface area contributed by atoms with Crippen molar-refractivity contribution in [2.45, 2.75) is 38.3 Å². The maximum absolute atomic E-state index is 11.9. The molecule has 0 spiro atoms. The monoisotopic (exact) mass is 218 g/mol. The van der Waals surface area contributed by atoms with Crippen LogP contribution in [0.4, 0.5) is 5.69 Å². The Hall–Kier alpha value is -1.35. The van der Waals surface area contributed by atoms with Crippen molar-refractivity contribution in [3.8, 4) is 0 Å². The van der Waals surface area contributed by atoms with Crippen LogP contribution in [0.15, 0.2) is 30.3 Å². The van der Waals surface area contributed by atoms with Crippen LogP contribution in [-0.2, 0) is 4.79 Å². The van der Waals surface area contributed by atoms with Gasteiger partial charge >= 0.3 is 0 Å². The Kier molecular flexibility index (Phi) is 3.57. The quantitative estimate of drug-likeness (QED) is 0.798. The predicted octanol–water partition coefficient (Wildman–Crippen LogP) is 2.16. The number of benzene rings is 1. The van der Waals surface area contributed by atoms with Crippen LogP contribution in [-0.4, -0.2) is 18.0 Å². The second-order valence-corrected chi connectivity index (χ2v) is 4.41. The number of rotatable bonds is 2. The van der Waals surface area contributed by atoms with Crippen LogP contribution in [0.5, 0.6) is 0 Å². The molecule has 2 rings (SSSR count). The van der Waals surface area contributed by atoms with Crippen LogP contribution in [0.1, 0.15) is 26.2 Å². The Labute approximate surface area is 96.2 Å². The van der Waals surface area contributed by atoms with Gasteiger partial charge in [0.25, 0.3) is 0 Å². The Morgan fingerprint density at radius 3 is 2.75 bits per heavy atom. The fourth-order valence-corrected chi connectivity index (χ4v) is 2.10. The Bertz CT molecular complexity index is 350. The third kappa shape index (κ3) is 2.83. The molecule has 2 N–H and O–H groups in total. The zero-order valence-corrected chi connectivity index (χ0v) is 9.57. The third-order valence-electron chi connectivity index (χ3n) is 2.97. The summed E-state index contributed by atoms with van der Waals surface area (Å²) in [4.78, 5) is 11.9. The van der Waals surface area contributed by atoms with E-state index in [1.807, 2.05) is 30.3 Å². The molecule has 1 aliphatic heterocycles. The molecule has 16 heavy (non-hydrogen) atoms. The molecule has 3 heteroatoms. The number of hydrogen-bond acceptors (Lipinski definition) is 2. The van der Waals surface area contributed by atoms with E-state index in [0.717, 1.165) is 24.9 Å². The fraction of sp³-hybridized carbons (Fsp3) is 0.462. The largest absolute Gasteiger partial charge is 0.325 e. The lowest BCUT2D eigenvalue weighted by molar-refractivity contribution is -0.118. The molecule has 0 bridgehead atoms. The molecule has 2 unspecified atom stereocenters. The summed E-state index contributed by atoms with van der Waals surface area (Å²) < 4.78 is 0. The SMILES string of the molecule is CC1CCCC(C(=O)Nc2ccccc2)N1. The normalized spacial score (nSPS) is 25.1. The highest BCUT2D eigenvalue weighted by Crippen LogP contribution is 2.14. The molecule has 1 fully saturated rings. The summed E-state index contributed by atoms with van der Waals surface area (Å²) in [7, 11) is 0. The molecular formula is C13H18N2O. The molecule has 1 aromatic rings. The summed E-state index contributed by atoms with van der Waals surface area (Å²) in [6.07, 6.45) is 3.22. The van der Waals surface area contributed by atoms with Gasteiger partial charge in [-0.2, -0.15) is 0 Å². The van der Waals surface area contributed by atoms with Gasteiger partial charge in [-0.25, -0.2) is 0 Å². The number of carbonyl (C=O) groups is 1. The van der Waals surface area contributed by atoms with Gasteiger partial charge in [-0.3, -0.25) is 4.79 Å². The van der Waals surface area contributed by atoms with Gasteiger partial charge in [-0.15, -0.1) is 0 Å².